The number of benzene rings is 1. The van der Waals surface area contributed by atoms with Gasteiger partial charge in [-0.05, 0) is 12.5 Å². The van der Waals surface area contributed by atoms with Crippen LogP contribution in [0.4, 0.5) is 0 Å². The van der Waals surface area contributed by atoms with E-state index in [0.29, 0.717) is 17.8 Å². The number of rotatable bonds is 2. The van der Waals surface area contributed by atoms with Crippen LogP contribution in [0.25, 0.3) is 11.4 Å². The maximum atomic E-state index is 11.3. The molecule has 0 fully saturated rings. The minimum absolute atomic E-state index is 0.110. The van der Waals surface area contributed by atoms with Gasteiger partial charge in [-0.25, -0.2) is 4.79 Å². The Morgan fingerprint density at radius 1 is 1.37 bits per heavy atom. The van der Waals surface area contributed by atoms with E-state index in [4.69, 9.17) is 5.73 Å². The number of hydrogen-bond acceptors (Lipinski definition) is 4. The predicted molar refractivity (Wildman–Crippen MR) is 68.7 cm³/mol. The summed E-state index contributed by atoms with van der Waals surface area (Å²) in [5.41, 5.74) is 6.74. The van der Waals surface area contributed by atoms with Crippen LogP contribution in [0, 0.1) is 0 Å². The van der Waals surface area contributed by atoms with E-state index in [1.54, 1.807) is 24.3 Å². The maximum Gasteiger partial charge on any atom is 0.336 e. The van der Waals surface area contributed by atoms with Gasteiger partial charge in [-0.2, -0.15) is 0 Å². The number of aromatic nitrogens is 3. The Labute approximate surface area is 109 Å². The van der Waals surface area contributed by atoms with Crippen molar-refractivity contribution in [2.75, 3.05) is 0 Å². The number of carbonyl (C=O) groups is 1. The molecule has 1 atom stereocenters. The first kappa shape index (κ1) is 11.9. The maximum absolute atomic E-state index is 11.3. The van der Waals surface area contributed by atoms with E-state index in [-0.39, 0.29) is 11.6 Å². The molecule has 2 aromatic rings. The molecule has 0 saturated carbocycles. The van der Waals surface area contributed by atoms with Crippen molar-refractivity contribution in [3.8, 4) is 11.4 Å². The van der Waals surface area contributed by atoms with E-state index < -0.39 is 5.97 Å². The van der Waals surface area contributed by atoms with Crippen molar-refractivity contribution in [2.45, 2.75) is 25.4 Å². The van der Waals surface area contributed by atoms with Crippen molar-refractivity contribution in [2.24, 2.45) is 5.73 Å². The Kier molecular flexibility index (Phi) is 2.79. The molecular weight excluding hydrogens is 244 g/mol. The summed E-state index contributed by atoms with van der Waals surface area (Å²) in [6.07, 6.45) is 1.54. The van der Waals surface area contributed by atoms with Crippen LogP contribution in [0.3, 0.4) is 0 Å². The van der Waals surface area contributed by atoms with Crippen molar-refractivity contribution < 1.29 is 9.90 Å². The van der Waals surface area contributed by atoms with E-state index in [9.17, 15) is 9.90 Å². The van der Waals surface area contributed by atoms with Crippen LogP contribution < -0.4 is 5.73 Å². The van der Waals surface area contributed by atoms with Crippen LogP contribution in [-0.2, 0) is 13.0 Å². The molecule has 1 aliphatic rings. The fraction of sp³-hybridized carbons (Fsp3) is 0.308. The van der Waals surface area contributed by atoms with Crippen molar-refractivity contribution >= 4 is 5.97 Å². The zero-order chi connectivity index (χ0) is 13.4. The molecule has 1 aromatic carbocycles. The van der Waals surface area contributed by atoms with Gasteiger partial charge in [0.1, 0.15) is 5.82 Å². The van der Waals surface area contributed by atoms with Crippen LogP contribution in [0.2, 0.25) is 0 Å². The number of hydrogen-bond donors (Lipinski definition) is 2. The Morgan fingerprint density at radius 2 is 2.16 bits per heavy atom. The number of fused-ring (bicyclic) bond motifs is 1. The standard InChI is InChI=1S/C13H14N4O2/c14-8-5-6-17-11(7-8)15-16-12(17)9-3-1-2-4-10(9)13(18)19/h1-4,8H,5-7,14H2,(H,18,19). The van der Waals surface area contributed by atoms with E-state index in [2.05, 4.69) is 10.2 Å². The third-order valence-electron chi connectivity index (χ3n) is 3.39. The molecule has 98 valence electrons. The van der Waals surface area contributed by atoms with E-state index in [1.807, 2.05) is 4.57 Å². The first-order chi connectivity index (χ1) is 9.16. The molecule has 0 bridgehead atoms. The number of carboxylic acid groups (broad SMARTS) is 1. The van der Waals surface area contributed by atoms with Crippen LogP contribution in [0.1, 0.15) is 22.6 Å². The quantitative estimate of drug-likeness (QED) is 0.835. The average molecular weight is 258 g/mol. The van der Waals surface area contributed by atoms with Gasteiger partial charge in [0.25, 0.3) is 0 Å². The lowest BCUT2D eigenvalue weighted by Crippen LogP contribution is -2.31. The van der Waals surface area contributed by atoms with E-state index in [0.717, 1.165) is 18.8 Å². The second-order valence-electron chi connectivity index (χ2n) is 4.70. The van der Waals surface area contributed by atoms with Gasteiger partial charge in [0.05, 0.1) is 5.56 Å². The smallest absolute Gasteiger partial charge is 0.336 e. The number of nitrogens with two attached hydrogens (primary N) is 1. The third-order valence-corrected chi connectivity index (χ3v) is 3.39. The summed E-state index contributed by atoms with van der Waals surface area (Å²) in [6.45, 7) is 0.729. The SMILES string of the molecule is NC1CCn2c(nnc2-c2ccccc2C(=O)O)C1. The Balaban J connectivity index is 2.11. The van der Waals surface area contributed by atoms with Crippen molar-refractivity contribution in [3.05, 3.63) is 35.7 Å². The molecule has 0 saturated heterocycles. The number of nitrogens with zero attached hydrogens (tertiary/aromatic N) is 3. The zero-order valence-electron chi connectivity index (χ0n) is 10.3. The summed E-state index contributed by atoms with van der Waals surface area (Å²) in [6, 6.07) is 6.96. The van der Waals surface area contributed by atoms with Gasteiger partial charge >= 0.3 is 5.97 Å². The molecule has 1 unspecified atom stereocenters. The van der Waals surface area contributed by atoms with Gasteiger partial charge in [0.2, 0.25) is 0 Å². The summed E-state index contributed by atoms with van der Waals surface area (Å²) in [4.78, 5) is 11.3. The highest BCUT2D eigenvalue weighted by atomic mass is 16.4. The lowest BCUT2D eigenvalue weighted by atomic mass is 10.0. The number of carboxylic acids is 1. The summed E-state index contributed by atoms with van der Waals surface area (Å²) in [5.74, 6) is 0.481. The molecule has 0 amide bonds. The molecule has 6 nitrogen and oxygen atoms in total. The Hall–Kier alpha value is -2.21. The topological polar surface area (TPSA) is 94.0 Å². The molecule has 6 heteroatoms. The Bertz CT molecular complexity index is 635. The minimum atomic E-state index is -0.958. The van der Waals surface area contributed by atoms with Crippen molar-refractivity contribution in [3.63, 3.8) is 0 Å². The molecular formula is C13H14N4O2. The molecule has 1 aliphatic heterocycles. The van der Waals surface area contributed by atoms with Crippen molar-refractivity contribution in [1.82, 2.24) is 14.8 Å². The normalized spacial score (nSPS) is 18.1. The largest absolute Gasteiger partial charge is 0.478 e. The molecule has 3 rings (SSSR count). The van der Waals surface area contributed by atoms with Crippen LogP contribution in [0.15, 0.2) is 24.3 Å². The second-order valence-corrected chi connectivity index (χ2v) is 4.70. The predicted octanol–water partition coefficient (Wildman–Crippen LogP) is 0.917. The Morgan fingerprint density at radius 3 is 2.95 bits per heavy atom. The summed E-state index contributed by atoms with van der Waals surface area (Å²) < 4.78 is 1.96. The van der Waals surface area contributed by atoms with Gasteiger partial charge in [-0.3, -0.25) is 0 Å². The van der Waals surface area contributed by atoms with Gasteiger partial charge in [-0.15, -0.1) is 10.2 Å². The zero-order valence-corrected chi connectivity index (χ0v) is 10.3. The highest BCUT2D eigenvalue weighted by molar-refractivity contribution is 5.94. The van der Waals surface area contributed by atoms with Crippen LogP contribution in [-0.4, -0.2) is 31.9 Å². The van der Waals surface area contributed by atoms with Crippen molar-refractivity contribution in [1.29, 1.82) is 0 Å². The van der Waals surface area contributed by atoms with E-state index >= 15 is 0 Å². The fourth-order valence-corrected chi connectivity index (χ4v) is 2.42. The van der Waals surface area contributed by atoms with Gasteiger partial charge < -0.3 is 15.4 Å². The molecule has 0 aliphatic carbocycles. The van der Waals surface area contributed by atoms with Gasteiger partial charge in [0, 0.05) is 24.6 Å². The van der Waals surface area contributed by atoms with Gasteiger partial charge in [-0.1, -0.05) is 18.2 Å². The van der Waals surface area contributed by atoms with Crippen LogP contribution in [0.5, 0.6) is 0 Å². The minimum Gasteiger partial charge on any atom is -0.478 e. The molecule has 1 aromatic heterocycles. The third kappa shape index (κ3) is 2.00. The summed E-state index contributed by atoms with van der Waals surface area (Å²) in [7, 11) is 0. The monoisotopic (exact) mass is 258 g/mol. The lowest BCUT2D eigenvalue weighted by Gasteiger charge is -2.20. The first-order valence-corrected chi connectivity index (χ1v) is 6.17. The molecule has 2 heterocycles. The summed E-state index contributed by atoms with van der Waals surface area (Å²) >= 11 is 0. The van der Waals surface area contributed by atoms with E-state index in [1.165, 1.54) is 0 Å². The highest BCUT2D eigenvalue weighted by Crippen LogP contribution is 2.25. The van der Waals surface area contributed by atoms with Crippen LogP contribution >= 0.6 is 0 Å². The lowest BCUT2D eigenvalue weighted by molar-refractivity contribution is 0.0697. The molecule has 0 radical (unpaired) electrons. The second kappa shape index (κ2) is 4.47. The average Bonchev–Trinajstić information content (AvgIpc) is 2.81. The number of aromatic carboxylic acids is 1. The van der Waals surface area contributed by atoms with Gasteiger partial charge in [0.15, 0.2) is 5.82 Å². The first-order valence-electron chi connectivity index (χ1n) is 6.17. The fourth-order valence-electron chi connectivity index (χ4n) is 2.42. The molecule has 19 heavy (non-hydrogen) atoms. The molecule has 3 N–H and O–H groups in total. The summed E-state index contributed by atoms with van der Waals surface area (Å²) in [5, 5.41) is 17.5. The molecule has 0 spiro atoms. The highest BCUT2D eigenvalue weighted by Gasteiger charge is 2.23.